The lowest BCUT2D eigenvalue weighted by Crippen LogP contribution is -2.87. The van der Waals surface area contributed by atoms with E-state index in [-0.39, 0.29) is 38.5 Å². The van der Waals surface area contributed by atoms with E-state index >= 15 is 14.4 Å². The molecule has 1 unspecified atom stereocenters. The Hall–Kier alpha value is -1.89. The fraction of sp³-hybridized carbons (Fsp3) is 0.934. The third-order valence-electron chi connectivity index (χ3n) is 19.4. The minimum Gasteiger partial charge on any atom is -0.393 e. The Morgan fingerprint density at radius 2 is 0.437 bits per heavy atom. The lowest BCUT2D eigenvalue weighted by molar-refractivity contribution is -0.282. The molecule has 0 aromatic heterocycles. The van der Waals surface area contributed by atoms with E-state index in [0.29, 0.717) is 38.5 Å². The molecule has 0 heterocycles. The van der Waals surface area contributed by atoms with Crippen molar-refractivity contribution in [1.29, 1.82) is 0 Å². The van der Waals surface area contributed by atoms with E-state index in [1.807, 2.05) is 0 Å². The summed E-state index contributed by atoms with van der Waals surface area (Å²) in [7, 11) is 0. The van der Waals surface area contributed by atoms with Gasteiger partial charge in [0.1, 0.15) is 0 Å². The van der Waals surface area contributed by atoms with Crippen molar-refractivity contribution in [2.24, 2.45) is 0 Å². The van der Waals surface area contributed by atoms with E-state index in [0.717, 1.165) is 148 Å². The summed E-state index contributed by atoms with van der Waals surface area (Å²) in [4.78, 5) is 75.8. The van der Waals surface area contributed by atoms with E-state index in [2.05, 4.69) is 34.6 Å². The number of carbonyl (C=O) groups excluding carboxylic acids is 5. The number of Topliss-reactive ketones (excluding diaryl/α,β-unsaturated/α-hetero) is 5. The number of ketones is 5. The smallest absolute Gasteiger partial charge is 0.201 e. The van der Waals surface area contributed by atoms with Gasteiger partial charge in [-0.3, -0.25) is 24.0 Å². The molecule has 0 aliphatic heterocycles. The number of aliphatic hydroxyl groups is 6. The van der Waals surface area contributed by atoms with Gasteiger partial charge in [-0.25, -0.2) is 0 Å². The molecule has 514 valence electrons. The van der Waals surface area contributed by atoms with E-state index < -0.39 is 89.7 Å². The summed E-state index contributed by atoms with van der Waals surface area (Å²) in [5.41, 5.74) is -15.8. The SMILES string of the molecule is CCCCCCCCCCCCCC(=O)C(O)[C@](O)(C(=O)CCCCCCCCCCCCC)[C@](O)(C(=O)CCCCCCCCCCCCC)[C@@](O)(C(=O)CCCCCCCCCCCCC)[C@](O)(CO)C(=O)CCCCCCCCCCCCC. The van der Waals surface area contributed by atoms with Crippen molar-refractivity contribution in [1.82, 2.24) is 0 Å². The molecular weight excluding hydrogens is 1090 g/mol. The predicted octanol–water partition coefficient (Wildman–Crippen LogP) is 19.6. The molecule has 11 nitrogen and oxygen atoms in total. The van der Waals surface area contributed by atoms with E-state index in [1.54, 1.807) is 0 Å². The zero-order valence-corrected chi connectivity index (χ0v) is 57.9. The molecule has 0 radical (unpaired) electrons. The first-order valence-electron chi connectivity index (χ1n) is 38.0. The van der Waals surface area contributed by atoms with Gasteiger partial charge in [-0.05, 0) is 32.1 Å². The quantitative estimate of drug-likeness (QED) is 0.0316. The van der Waals surface area contributed by atoms with Crippen molar-refractivity contribution in [2.45, 2.75) is 448 Å². The first-order valence-corrected chi connectivity index (χ1v) is 38.0. The van der Waals surface area contributed by atoms with Crippen molar-refractivity contribution < 1.29 is 54.6 Å². The standard InChI is InChI=1S/C76H144O11/c1-6-11-16-21-26-31-36-41-46-51-56-61-67(78)72(83)74(85,69(80)63-58-53-48-43-38-33-28-23-18-13-8-3)76(87,71(82)65-60-55-50-45-40-35-30-25-20-15-10-5)75(86,70(81)64-59-54-49-44-39-34-29-24-19-14-9-4)73(84,66-77)68(79)62-57-52-47-42-37-32-27-22-17-12-7-2/h72,77,83-87H,6-66H2,1-5H3/t72?,73-,74+,75+,76+/m0/s1. The molecule has 0 saturated carbocycles. The molecular formula is C76H144O11. The van der Waals surface area contributed by atoms with Crippen LogP contribution in [-0.2, 0) is 24.0 Å². The minimum absolute atomic E-state index is 0.0798. The Balaban J connectivity index is 7.50. The van der Waals surface area contributed by atoms with Crippen LogP contribution in [0.25, 0.3) is 0 Å². The number of carbonyl (C=O) groups is 5. The summed E-state index contributed by atoms with van der Waals surface area (Å²) in [6.07, 6.45) is 46.5. The number of aliphatic hydroxyl groups excluding tert-OH is 2. The van der Waals surface area contributed by atoms with Gasteiger partial charge in [0.15, 0.2) is 46.2 Å². The van der Waals surface area contributed by atoms with Crippen LogP contribution < -0.4 is 0 Å². The van der Waals surface area contributed by atoms with Gasteiger partial charge in [-0.1, -0.05) is 356 Å². The van der Waals surface area contributed by atoms with Crippen LogP contribution in [0.5, 0.6) is 0 Å². The van der Waals surface area contributed by atoms with Crippen LogP contribution in [0.15, 0.2) is 0 Å². The van der Waals surface area contributed by atoms with Gasteiger partial charge in [-0.15, -0.1) is 0 Å². The molecule has 87 heavy (non-hydrogen) atoms. The highest BCUT2D eigenvalue weighted by atomic mass is 16.4. The summed E-state index contributed by atoms with van der Waals surface area (Å²) in [6, 6.07) is 0. The van der Waals surface area contributed by atoms with Crippen molar-refractivity contribution in [2.75, 3.05) is 6.61 Å². The molecule has 0 aliphatic rings. The van der Waals surface area contributed by atoms with Gasteiger partial charge < -0.3 is 30.6 Å². The maximum atomic E-state index is 15.6. The van der Waals surface area contributed by atoms with Crippen LogP contribution in [-0.4, -0.2) is 94.7 Å². The van der Waals surface area contributed by atoms with Gasteiger partial charge >= 0.3 is 0 Å². The second-order valence-electron chi connectivity index (χ2n) is 27.2. The summed E-state index contributed by atoms with van der Waals surface area (Å²) in [5.74, 6) is -6.51. The molecule has 0 fully saturated rings. The zero-order valence-electron chi connectivity index (χ0n) is 57.9. The Morgan fingerprint density at radius 3 is 0.667 bits per heavy atom. The third-order valence-corrected chi connectivity index (χ3v) is 19.4. The van der Waals surface area contributed by atoms with Crippen molar-refractivity contribution in [3.05, 3.63) is 0 Å². The predicted molar refractivity (Wildman–Crippen MR) is 363 cm³/mol. The van der Waals surface area contributed by atoms with Crippen LogP contribution in [0, 0.1) is 0 Å². The molecule has 0 bridgehead atoms. The van der Waals surface area contributed by atoms with Gasteiger partial charge in [0.25, 0.3) is 0 Å². The van der Waals surface area contributed by atoms with E-state index in [9.17, 15) is 40.2 Å². The highest BCUT2D eigenvalue weighted by molar-refractivity contribution is 6.11. The summed E-state index contributed by atoms with van der Waals surface area (Å²) in [6.45, 7) is 9.32. The van der Waals surface area contributed by atoms with Crippen molar-refractivity contribution >= 4 is 28.9 Å². The maximum absolute atomic E-state index is 15.6. The third kappa shape index (κ3) is 35.1. The van der Waals surface area contributed by atoms with Crippen LogP contribution in [0.2, 0.25) is 0 Å². The highest BCUT2D eigenvalue weighted by Gasteiger charge is 2.80. The van der Waals surface area contributed by atoms with E-state index in [1.165, 1.54) is 135 Å². The molecule has 0 rings (SSSR count). The first kappa shape index (κ1) is 85.1. The van der Waals surface area contributed by atoms with Crippen LogP contribution in [0.3, 0.4) is 0 Å². The normalized spacial score (nSPS) is 15.0. The monoisotopic (exact) mass is 1230 g/mol. The van der Waals surface area contributed by atoms with Crippen LogP contribution >= 0.6 is 0 Å². The van der Waals surface area contributed by atoms with Gasteiger partial charge in [0.2, 0.25) is 11.2 Å². The Morgan fingerprint density at radius 1 is 0.253 bits per heavy atom. The lowest BCUT2D eigenvalue weighted by Gasteiger charge is -2.55. The topological polar surface area (TPSA) is 207 Å². The molecule has 0 aromatic rings. The number of unbranched alkanes of at least 4 members (excludes halogenated alkanes) is 50. The van der Waals surface area contributed by atoms with Crippen molar-refractivity contribution in [3.8, 4) is 0 Å². The van der Waals surface area contributed by atoms with Crippen LogP contribution in [0.1, 0.15) is 420 Å². The largest absolute Gasteiger partial charge is 0.393 e. The second-order valence-corrected chi connectivity index (χ2v) is 27.2. The molecule has 11 heteroatoms. The Bertz CT molecular complexity index is 1650. The first-order chi connectivity index (χ1) is 42.1. The molecule has 0 aromatic carbocycles. The van der Waals surface area contributed by atoms with Gasteiger partial charge in [-0.2, -0.15) is 0 Å². The highest BCUT2D eigenvalue weighted by Crippen LogP contribution is 2.48. The van der Waals surface area contributed by atoms with E-state index in [4.69, 9.17) is 0 Å². The summed E-state index contributed by atoms with van der Waals surface area (Å²) < 4.78 is 0. The molecule has 6 N–H and O–H groups in total. The summed E-state index contributed by atoms with van der Waals surface area (Å²) in [5, 5.41) is 77.8. The zero-order chi connectivity index (χ0) is 64.6. The van der Waals surface area contributed by atoms with Crippen LogP contribution in [0.4, 0.5) is 0 Å². The number of rotatable bonds is 70. The minimum atomic E-state index is -4.15. The molecule has 0 aliphatic carbocycles. The van der Waals surface area contributed by atoms with Gasteiger partial charge in [0, 0.05) is 32.1 Å². The molecule has 0 spiro atoms. The van der Waals surface area contributed by atoms with Gasteiger partial charge in [0.05, 0.1) is 6.61 Å². The number of hydrogen-bond acceptors (Lipinski definition) is 11. The average molecular weight is 1230 g/mol. The number of hydrogen-bond donors (Lipinski definition) is 6. The molecule has 0 saturated heterocycles. The fourth-order valence-electron chi connectivity index (χ4n) is 13.3. The van der Waals surface area contributed by atoms with Crippen molar-refractivity contribution in [3.63, 3.8) is 0 Å². The lowest BCUT2D eigenvalue weighted by atomic mass is 9.54. The average Bonchev–Trinajstić information content (AvgIpc) is 0.695. The molecule has 5 atom stereocenters. The summed E-state index contributed by atoms with van der Waals surface area (Å²) >= 11 is 0. The second kappa shape index (κ2) is 56.8. The fourth-order valence-corrected chi connectivity index (χ4v) is 13.3. The Kier molecular flexibility index (Phi) is 55.6. The Labute approximate surface area is 536 Å². The maximum Gasteiger partial charge on any atom is 0.201 e. The molecule has 0 amide bonds.